The van der Waals surface area contributed by atoms with E-state index in [4.69, 9.17) is 11.6 Å². The summed E-state index contributed by atoms with van der Waals surface area (Å²) in [7, 11) is 0. The van der Waals surface area contributed by atoms with Gasteiger partial charge in [-0.15, -0.1) is 0 Å². The fraction of sp³-hybridized carbons (Fsp3) is 0.133. The average molecular weight is 350 g/mol. The summed E-state index contributed by atoms with van der Waals surface area (Å²) in [5.41, 5.74) is -0.959. The summed E-state index contributed by atoms with van der Waals surface area (Å²) >= 11 is 5.65. The minimum absolute atomic E-state index is 0.201. The van der Waals surface area contributed by atoms with E-state index in [2.05, 4.69) is 5.32 Å². The number of halogens is 6. The van der Waals surface area contributed by atoms with Gasteiger partial charge in [0.2, 0.25) is 0 Å². The van der Waals surface area contributed by atoms with E-state index in [1.165, 1.54) is 12.1 Å². The van der Waals surface area contributed by atoms with Gasteiger partial charge in [0.1, 0.15) is 0 Å². The van der Waals surface area contributed by atoms with Crippen molar-refractivity contribution in [1.29, 1.82) is 0 Å². The van der Waals surface area contributed by atoms with Gasteiger partial charge in [-0.3, -0.25) is 4.79 Å². The first-order valence-corrected chi connectivity index (χ1v) is 6.65. The Morgan fingerprint density at radius 2 is 1.74 bits per heavy atom. The van der Waals surface area contributed by atoms with E-state index in [9.17, 15) is 26.7 Å². The first-order valence-electron chi connectivity index (χ1n) is 6.27. The van der Waals surface area contributed by atoms with E-state index >= 15 is 0 Å². The molecule has 0 fully saturated rings. The highest BCUT2D eigenvalue weighted by Crippen LogP contribution is 2.29. The van der Waals surface area contributed by atoms with Crippen molar-refractivity contribution < 1.29 is 26.7 Å². The summed E-state index contributed by atoms with van der Waals surface area (Å²) in [4.78, 5) is 11.9. The van der Waals surface area contributed by atoms with E-state index in [0.717, 1.165) is 12.1 Å². The Balaban J connectivity index is 2.12. The molecule has 2 aromatic carbocycles. The predicted molar refractivity (Wildman–Crippen MR) is 74.0 cm³/mol. The Morgan fingerprint density at radius 3 is 2.39 bits per heavy atom. The Bertz CT molecular complexity index is 745. The molecule has 122 valence electrons. The van der Waals surface area contributed by atoms with Gasteiger partial charge in [-0.25, -0.2) is 8.78 Å². The largest absolute Gasteiger partial charge is 0.416 e. The molecule has 23 heavy (non-hydrogen) atoms. The van der Waals surface area contributed by atoms with Crippen LogP contribution in [0, 0.1) is 11.6 Å². The smallest absolute Gasteiger partial charge is 0.348 e. The zero-order chi connectivity index (χ0) is 17.2. The van der Waals surface area contributed by atoms with Gasteiger partial charge in [0.05, 0.1) is 16.1 Å². The lowest BCUT2D eigenvalue weighted by Crippen LogP contribution is -2.23. The number of rotatable bonds is 3. The molecule has 0 aliphatic carbocycles. The highest BCUT2D eigenvalue weighted by molar-refractivity contribution is 6.33. The summed E-state index contributed by atoms with van der Waals surface area (Å²) in [6, 6.07) is 5.65. The SMILES string of the molecule is O=C(NCc1cccc(C(F)(F)F)c1)c1cc(F)c(F)cc1Cl. The molecule has 0 aliphatic rings. The van der Waals surface area contributed by atoms with Crippen molar-refractivity contribution in [1.82, 2.24) is 5.32 Å². The topological polar surface area (TPSA) is 29.1 Å². The number of carbonyl (C=O) groups excluding carboxylic acids is 1. The van der Waals surface area contributed by atoms with Crippen molar-refractivity contribution in [2.24, 2.45) is 0 Å². The highest BCUT2D eigenvalue weighted by atomic mass is 35.5. The van der Waals surface area contributed by atoms with E-state index in [-0.39, 0.29) is 22.7 Å². The lowest BCUT2D eigenvalue weighted by molar-refractivity contribution is -0.137. The van der Waals surface area contributed by atoms with Gasteiger partial charge in [-0.2, -0.15) is 13.2 Å². The van der Waals surface area contributed by atoms with Crippen LogP contribution >= 0.6 is 11.6 Å². The number of hydrogen-bond donors (Lipinski definition) is 1. The quantitative estimate of drug-likeness (QED) is 0.638. The molecule has 1 N–H and O–H groups in total. The maximum absolute atomic E-state index is 13.1. The van der Waals surface area contributed by atoms with Gasteiger partial charge in [-0.1, -0.05) is 23.7 Å². The van der Waals surface area contributed by atoms with Crippen LogP contribution in [0.2, 0.25) is 5.02 Å². The molecule has 2 rings (SSSR count). The van der Waals surface area contributed by atoms with Crippen LogP contribution in [-0.4, -0.2) is 5.91 Å². The minimum atomic E-state index is -4.50. The van der Waals surface area contributed by atoms with E-state index < -0.39 is 29.3 Å². The van der Waals surface area contributed by atoms with Crippen molar-refractivity contribution in [3.05, 3.63) is 69.7 Å². The molecule has 0 radical (unpaired) electrons. The lowest BCUT2D eigenvalue weighted by Gasteiger charge is -2.10. The highest BCUT2D eigenvalue weighted by Gasteiger charge is 2.30. The van der Waals surface area contributed by atoms with Crippen molar-refractivity contribution in [3.63, 3.8) is 0 Å². The van der Waals surface area contributed by atoms with Crippen LogP contribution < -0.4 is 5.32 Å². The number of nitrogens with one attached hydrogen (secondary N) is 1. The standard InChI is InChI=1S/C15H9ClF5NO/c16-11-6-13(18)12(17)5-10(11)14(23)22-7-8-2-1-3-9(4-8)15(19,20)21/h1-6H,7H2,(H,22,23). The third-order valence-electron chi connectivity index (χ3n) is 2.96. The molecule has 0 unspecified atom stereocenters. The molecule has 0 spiro atoms. The summed E-state index contributed by atoms with van der Waals surface area (Å²) in [5, 5.41) is 2.00. The van der Waals surface area contributed by atoms with Crippen LogP contribution in [0.1, 0.15) is 21.5 Å². The van der Waals surface area contributed by atoms with Crippen LogP contribution in [0.15, 0.2) is 36.4 Å². The van der Waals surface area contributed by atoms with Gasteiger partial charge in [-0.05, 0) is 29.8 Å². The average Bonchev–Trinajstić information content (AvgIpc) is 2.48. The molecule has 0 saturated heterocycles. The fourth-order valence-electron chi connectivity index (χ4n) is 1.83. The van der Waals surface area contributed by atoms with E-state index in [1.54, 1.807) is 0 Å². The molecule has 1 amide bonds. The van der Waals surface area contributed by atoms with E-state index in [0.29, 0.717) is 12.1 Å². The third kappa shape index (κ3) is 4.19. The summed E-state index contributed by atoms with van der Waals surface area (Å²) < 4.78 is 63.8. The van der Waals surface area contributed by atoms with Crippen LogP contribution in [0.5, 0.6) is 0 Å². The fourth-order valence-corrected chi connectivity index (χ4v) is 2.07. The van der Waals surface area contributed by atoms with Crippen molar-refractivity contribution in [2.45, 2.75) is 12.7 Å². The normalized spacial score (nSPS) is 11.4. The number of benzene rings is 2. The Morgan fingerprint density at radius 1 is 1.09 bits per heavy atom. The maximum Gasteiger partial charge on any atom is 0.416 e. The van der Waals surface area contributed by atoms with Crippen LogP contribution in [0.4, 0.5) is 22.0 Å². The van der Waals surface area contributed by atoms with Crippen LogP contribution in [-0.2, 0) is 12.7 Å². The molecule has 2 aromatic rings. The molecule has 0 atom stereocenters. The van der Waals surface area contributed by atoms with E-state index in [1.807, 2.05) is 0 Å². The Hall–Kier alpha value is -2.15. The monoisotopic (exact) mass is 349 g/mol. The minimum Gasteiger partial charge on any atom is -0.348 e. The van der Waals surface area contributed by atoms with Crippen LogP contribution in [0.25, 0.3) is 0 Å². The molecule has 0 aromatic heterocycles. The molecule has 8 heteroatoms. The number of carbonyl (C=O) groups is 1. The summed E-state index contributed by atoms with van der Waals surface area (Å²) in [6.45, 7) is -0.224. The van der Waals surface area contributed by atoms with Gasteiger partial charge in [0.15, 0.2) is 11.6 Å². The Kier molecular flexibility index (Phi) is 4.89. The number of hydrogen-bond acceptors (Lipinski definition) is 1. The third-order valence-corrected chi connectivity index (χ3v) is 3.27. The first-order chi connectivity index (χ1) is 10.7. The molecule has 0 heterocycles. The maximum atomic E-state index is 13.1. The summed E-state index contributed by atoms with van der Waals surface area (Å²) in [6.07, 6.45) is -4.50. The zero-order valence-corrected chi connectivity index (χ0v) is 12.1. The molecule has 0 saturated carbocycles. The second kappa shape index (κ2) is 6.54. The zero-order valence-electron chi connectivity index (χ0n) is 11.3. The van der Waals surface area contributed by atoms with Gasteiger partial charge >= 0.3 is 6.18 Å². The molecular formula is C15H9ClF5NO. The van der Waals surface area contributed by atoms with Crippen molar-refractivity contribution in [3.8, 4) is 0 Å². The molecule has 0 bridgehead atoms. The number of amides is 1. The molecular weight excluding hydrogens is 341 g/mol. The molecule has 0 aliphatic heterocycles. The second-order valence-corrected chi connectivity index (χ2v) is 5.03. The number of alkyl halides is 3. The van der Waals surface area contributed by atoms with Crippen molar-refractivity contribution in [2.75, 3.05) is 0 Å². The Labute approximate surface area is 132 Å². The first kappa shape index (κ1) is 17.2. The van der Waals surface area contributed by atoms with Gasteiger partial charge in [0.25, 0.3) is 5.91 Å². The summed E-state index contributed by atoms with van der Waals surface area (Å²) in [5.74, 6) is -3.28. The predicted octanol–water partition coefficient (Wildman–Crippen LogP) is 4.57. The van der Waals surface area contributed by atoms with Gasteiger partial charge in [0, 0.05) is 6.54 Å². The van der Waals surface area contributed by atoms with Crippen LogP contribution in [0.3, 0.4) is 0 Å². The lowest BCUT2D eigenvalue weighted by atomic mass is 10.1. The second-order valence-electron chi connectivity index (χ2n) is 4.63. The van der Waals surface area contributed by atoms with Crippen molar-refractivity contribution >= 4 is 17.5 Å². The molecule has 2 nitrogen and oxygen atoms in total. The van der Waals surface area contributed by atoms with Gasteiger partial charge < -0.3 is 5.32 Å².